The summed E-state index contributed by atoms with van der Waals surface area (Å²) in [5.74, 6) is -0.860. The van der Waals surface area contributed by atoms with Gasteiger partial charge < -0.3 is 10.2 Å². The molecule has 0 aliphatic rings. The molecule has 0 radical (unpaired) electrons. The van der Waals surface area contributed by atoms with Gasteiger partial charge in [0.05, 0.1) is 10.6 Å². The van der Waals surface area contributed by atoms with Crippen molar-refractivity contribution in [1.82, 2.24) is 10.2 Å². The molecule has 2 unspecified atom stereocenters. The Labute approximate surface area is 240 Å². The normalized spacial score (nSPS) is 12.9. The quantitative estimate of drug-likeness (QED) is 0.305. The number of amides is 2. The molecule has 10 heteroatoms. The first kappa shape index (κ1) is 30.5. The van der Waals surface area contributed by atoms with Gasteiger partial charge in [-0.25, -0.2) is 8.42 Å². The number of benzene rings is 3. The van der Waals surface area contributed by atoms with Crippen LogP contribution in [0.3, 0.4) is 0 Å². The summed E-state index contributed by atoms with van der Waals surface area (Å²) >= 11 is 12.2. The van der Waals surface area contributed by atoms with Crippen molar-refractivity contribution in [2.24, 2.45) is 0 Å². The average molecular weight is 591 g/mol. The highest BCUT2D eigenvalue weighted by Gasteiger charge is 2.33. The van der Waals surface area contributed by atoms with Crippen LogP contribution in [0.2, 0.25) is 10.0 Å². The lowest BCUT2D eigenvalue weighted by molar-refractivity contribution is -0.139. The van der Waals surface area contributed by atoms with Crippen LogP contribution in [0.4, 0.5) is 5.69 Å². The highest BCUT2D eigenvalue weighted by Crippen LogP contribution is 2.27. The van der Waals surface area contributed by atoms with Crippen molar-refractivity contribution in [2.75, 3.05) is 10.8 Å². The third-order valence-corrected chi connectivity index (χ3v) is 8.66. The van der Waals surface area contributed by atoms with E-state index < -0.39 is 28.5 Å². The van der Waals surface area contributed by atoms with Crippen LogP contribution in [0.5, 0.6) is 0 Å². The van der Waals surface area contributed by atoms with Crippen LogP contribution < -0.4 is 9.62 Å². The summed E-state index contributed by atoms with van der Waals surface area (Å²) in [6.07, 6.45) is 0.728. The summed E-state index contributed by atoms with van der Waals surface area (Å²) in [7, 11) is -4.20. The molecule has 7 nitrogen and oxygen atoms in total. The van der Waals surface area contributed by atoms with Crippen molar-refractivity contribution in [3.63, 3.8) is 0 Å². The summed E-state index contributed by atoms with van der Waals surface area (Å²) in [6, 6.07) is 18.6. The van der Waals surface area contributed by atoms with Crippen molar-refractivity contribution >= 4 is 50.7 Å². The van der Waals surface area contributed by atoms with Gasteiger partial charge in [-0.15, -0.1) is 0 Å². The zero-order chi connectivity index (χ0) is 28.7. The SMILES string of the molecule is CCC(C)NC(=O)C(C)N(Cc1cccc(C)c1)C(=O)CN(c1cccc(Cl)c1)S(=O)(=O)c1ccc(Cl)cc1. The maximum absolute atomic E-state index is 13.9. The maximum Gasteiger partial charge on any atom is 0.264 e. The Morgan fingerprint density at radius 2 is 1.59 bits per heavy atom. The molecule has 2 amide bonds. The van der Waals surface area contributed by atoms with Crippen LogP contribution in [0.1, 0.15) is 38.3 Å². The number of carbonyl (C=O) groups excluding carboxylic acids is 2. The molecule has 1 N–H and O–H groups in total. The Kier molecular flexibility index (Phi) is 10.4. The van der Waals surface area contributed by atoms with E-state index in [0.29, 0.717) is 10.0 Å². The summed E-state index contributed by atoms with van der Waals surface area (Å²) in [6.45, 7) is 7.00. The second kappa shape index (κ2) is 13.3. The van der Waals surface area contributed by atoms with E-state index >= 15 is 0 Å². The third-order valence-electron chi connectivity index (χ3n) is 6.38. The van der Waals surface area contributed by atoms with E-state index in [1.165, 1.54) is 35.2 Å². The van der Waals surface area contributed by atoms with Crippen molar-refractivity contribution < 1.29 is 18.0 Å². The first-order valence-electron chi connectivity index (χ1n) is 12.6. The van der Waals surface area contributed by atoms with E-state index in [9.17, 15) is 18.0 Å². The fourth-order valence-corrected chi connectivity index (χ4v) is 5.67. The molecule has 0 heterocycles. The second-order valence-corrected chi connectivity index (χ2v) is 12.2. The molecule has 0 saturated carbocycles. The topological polar surface area (TPSA) is 86.8 Å². The van der Waals surface area contributed by atoms with Crippen LogP contribution in [0, 0.1) is 6.92 Å². The van der Waals surface area contributed by atoms with Gasteiger partial charge in [0, 0.05) is 22.6 Å². The molecular formula is C29H33Cl2N3O4S. The van der Waals surface area contributed by atoms with E-state index in [1.807, 2.05) is 45.0 Å². The number of anilines is 1. The van der Waals surface area contributed by atoms with Gasteiger partial charge >= 0.3 is 0 Å². The molecule has 0 bridgehead atoms. The summed E-state index contributed by atoms with van der Waals surface area (Å²) in [4.78, 5) is 28.4. The van der Waals surface area contributed by atoms with Gasteiger partial charge in [-0.1, -0.05) is 66.0 Å². The summed E-state index contributed by atoms with van der Waals surface area (Å²) in [5.41, 5.74) is 2.04. The minimum atomic E-state index is -4.20. The van der Waals surface area contributed by atoms with Crippen LogP contribution in [-0.4, -0.2) is 43.8 Å². The molecule has 0 saturated heterocycles. The lowest BCUT2D eigenvalue weighted by Crippen LogP contribution is -2.52. The number of rotatable bonds is 11. The molecule has 3 aromatic rings. The van der Waals surface area contributed by atoms with E-state index in [4.69, 9.17) is 23.2 Å². The van der Waals surface area contributed by atoms with E-state index in [-0.39, 0.29) is 29.1 Å². The number of sulfonamides is 1. The number of nitrogens with one attached hydrogen (secondary N) is 1. The highest BCUT2D eigenvalue weighted by molar-refractivity contribution is 7.92. The molecule has 2 atom stereocenters. The molecule has 0 fully saturated rings. The lowest BCUT2D eigenvalue weighted by atomic mass is 10.1. The molecule has 0 spiro atoms. The Balaban J connectivity index is 2.03. The smallest absolute Gasteiger partial charge is 0.264 e. The molecule has 39 heavy (non-hydrogen) atoms. The molecule has 3 rings (SSSR count). The van der Waals surface area contributed by atoms with Crippen LogP contribution in [0.25, 0.3) is 0 Å². The summed E-state index contributed by atoms with van der Waals surface area (Å²) in [5, 5.41) is 3.61. The lowest BCUT2D eigenvalue weighted by Gasteiger charge is -2.32. The number of carbonyl (C=O) groups is 2. The predicted molar refractivity (Wildman–Crippen MR) is 157 cm³/mol. The molecule has 0 aliphatic carbocycles. The van der Waals surface area contributed by atoms with Crippen molar-refractivity contribution in [2.45, 2.75) is 57.6 Å². The minimum absolute atomic E-state index is 0.0347. The van der Waals surface area contributed by atoms with Gasteiger partial charge in [0.1, 0.15) is 12.6 Å². The monoisotopic (exact) mass is 589 g/mol. The predicted octanol–water partition coefficient (Wildman–Crippen LogP) is 5.83. The van der Waals surface area contributed by atoms with E-state index in [2.05, 4.69) is 5.32 Å². The van der Waals surface area contributed by atoms with Gasteiger partial charge in [-0.05, 0) is 75.2 Å². The zero-order valence-corrected chi connectivity index (χ0v) is 24.7. The number of hydrogen-bond acceptors (Lipinski definition) is 4. The van der Waals surface area contributed by atoms with Crippen molar-refractivity contribution in [3.05, 3.63) is 94.0 Å². The van der Waals surface area contributed by atoms with Gasteiger partial charge in [0.15, 0.2) is 0 Å². The molecule has 208 valence electrons. The molecular weight excluding hydrogens is 557 g/mol. The van der Waals surface area contributed by atoms with Crippen LogP contribution >= 0.6 is 23.2 Å². The highest BCUT2D eigenvalue weighted by atomic mass is 35.5. The van der Waals surface area contributed by atoms with E-state index in [0.717, 1.165) is 21.9 Å². The Morgan fingerprint density at radius 3 is 2.21 bits per heavy atom. The molecule has 0 aliphatic heterocycles. The first-order valence-corrected chi connectivity index (χ1v) is 14.8. The second-order valence-electron chi connectivity index (χ2n) is 9.45. The zero-order valence-electron chi connectivity index (χ0n) is 22.4. The average Bonchev–Trinajstić information content (AvgIpc) is 2.89. The van der Waals surface area contributed by atoms with Gasteiger partial charge in [0.25, 0.3) is 10.0 Å². The van der Waals surface area contributed by atoms with Crippen LogP contribution in [0.15, 0.2) is 77.7 Å². The maximum atomic E-state index is 13.9. The Morgan fingerprint density at radius 1 is 0.923 bits per heavy atom. The van der Waals surface area contributed by atoms with Crippen molar-refractivity contribution in [1.29, 1.82) is 0 Å². The van der Waals surface area contributed by atoms with Crippen molar-refractivity contribution in [3.8, 4) is 0 Å². The fraction of sp³-hybridized carbons (Fsp3) is 0.310. The largest absolute Gasteiger partial charge is 0.352 e. The molecule has 0 aromatic heterocycles. The van der Waals surface area contributed by atoms with Gasteiger partial charge in [-0.3, -0.25) is 13.9 Å². The first-order chi connectivity index (χ1) is 18.4. The number of hydrogen-bond donors (Lipinski definition) is 1. The van der Waals surface area contributed by atoms with Crippen LogP contribution in [-0.2, 0) is 26.2 Å². The standard InChI is InChI=1S/C29H33Cl2N3O4S/c1-5-21(3)32-29(36)22(4)33(18-23-9-6-8-20(2)16-23)28(35)19-34(26-11-7-10-25(31)17-26)39(37,38)27-14-12-24(30)13-15-27/h6-17,21-22H,5,18-19H2,1-4H3,(H,32,36). The number of aryl methyl sites for hydroxylation is 1. The number of nitrogens with zero attached hydrogens (tertiary/aromatic N) is 2. The Hall–Kier alpha value is -3.07. The minimum Gasteiger partial charge on any atom is -0.352 e. The molecule has 3 aromatic carbocycles. The van der Waals surface area contributed by atoms with Gasteiger partial charge in [-0.2, -0.15) is 0 Å². The van der Waals surface area contributed by atoms with Gasteiger partial charge in [0.2, 0.25) is 11.8 Å². The third kappa shape index (κ3) is 7.97. The number of halogens is 2. The Bertz CT molecular complexity index is 1410. The fourth-order valence-electron chi connectivity index (χ4n) is 3.95. The van der Waals surface area contributed by atoms with E-state index in [1.54, 1.807) is 25.1 Å². The summed E-state index contributed by atoms with van der Waals surface area (Å²) < 4.78 is 28.6.